The fourth-order valence-corrected chi connectivity index (χ4v) is 7.90. The molecule has 0 radical (unpaired) electrons. The minimum Gasteiger partial charge on any atom is -0.497 e. The van der Waals surface area contributed by atoms with Crippen molar-refractivity contribution in [1.29, 1.82) is 0 Å². The van der Waals surface area contributed by atoms with Crippen LogP contribution < -0.4 is 26.6 Å². The van der Waals surface area contributed by atoms with Crippen molar-refractivity contribution in [2.45, 2.75) is 78.6 Å². The van der Waals surface area contributed by atoms with Crippen LogP contribution >= 0.6 is 0 Å². The van der Waals surface area contributed by atoms with Gasteiger partial charge in [0.05, 0.1) is 24.1 Å². The van der Waals surface area contributed by atoms with Gasteiger partial charge in [-0.2, -0.15) is 0 Å². The van der Waals surface area contributed by atoms with Crippen LogP contribution in [-0.4, -0.2) is 58.7 Å². The van der Waals surface area contributed by atoms with Gasteiger partial charge in [0.2, 0.25) is 0 Å². The van der Waals surface area contributed by atoms with Crippen LogP contribution in [0.3, 0.4) is 0 Å². The molecular weight excluding hydrogens is 559 g/mol. The monoisotopic (exact) mass is 604 g/mol. The van der Waals surface area contributed by atoms with Gasteiger partial charge in [-0.1, -0.05) is 26.8 Å². The number of guanidine groups is 1. The summed E-state index contributed by atoms with van der Waals surface area (Å²) >= 11 is 0. The van der Waals surface area contributed by atoms with Crippen molar-refractivity contribution < 1.29 is 9.13 Å². The summed E-state index contributed by atoms with van der Waals surface area (Å²) in [6.07, 6.45) is 2.59. The van der Waals surface area contributed by atoms with E-state index in [1.165, 1.54) is 19.6 Å². The number of hydrogen-bond donors (Lipinski definition) is 3. The number of piperazine rings is 1. The van der Waals surface area contributed by atoms with Gasteiger partial charge in [0, 0.05) is 43.5 Å². The summed E-state index contributed by atoms with van der Waals surface area (Å²) in [5.74, 6) is 2.72. The topological polar surface area (TPSA) is 104 Å². The summed E-state index contributed by atoms with van der Waals surface area (Å²) in [6, 6.07) is 10.9. The molecule has 4 aliphatic rings. The molecule has 3 aliphatic carbocycles. The lowest BCUT2D eigenvalue weighted by molar-refractivity contribution is -0.108. The standard InChI is InChI=1S/C34H45FN6O3/c1-19-17-40(18-20(2)36-19)32(38-29-14-23-13-27(21(29)3)34(23,4)5)37-24-8-10-26-30(15-24)39-33(43)41(31(26)42)12-11-22-7-9-25(44-6)16-28(22)35/h7-10,15-16,19-21,23,27,29,36H,11-14,17-18H2,1-6H3,(H,37,38)(H,39,43)/t19-,20+,21-,23-,27+,29-/m0/s1. The van der Waals surface area contributed by atoms with E-state index in [2.05, 4.69) is 55.1 Å². The lowest BCUT2D eigenvalue weighted by Crippen LogP contribution is -2.59. The third kappa shape index (κ3) is 5.64. The Balaban J connectivity index is 1.27. The molecule has 2 aromatic carbocycles. The summed E-state index contributed by atoms with van der Waals surface area (Å²) < 4.78 is 20.7. The number of nitrogens with one attached hydrogen (secondary N) is 3. The molecule has 4 fully saturated rings. The second kappa shape index (κ2) is 11.7. The van der Waals surface area contributed by atoms with Gasteiger partial charge in [-0.05, 0) is 86.1 Å². The number of hydrogen-bond acceptors (Lipinski definition) is 5. The predicted octanol–water partition coefficient (Wildman–Crippen LogP) is 4.60. The molecule has 2 heterocycles. The fourth-order valence-electron chi connectivity index (χ4n) is 7.90. The van der Waals surface area contributed by atoms with E-state index in [1.54, 1.807) is 24.3 Å². The Bertz CT molecular complexity index is 1690. The SMILES string of the molecule is COc1ccc(CCn2c(=O)[nH]c3cc(NC(=N[C@H]4C[C@@H]5C[C@H]([C@@H]4C)C5(C)C)N4C[C@@H](C)N[C@@H](C)C4)ccc3c2=O)c(F)c1. The summed E-state index contributed by atoms with van der Waals surface area (Å²) in [4.78, 5) is 37.0. The highest BCUT2D eigenvalue weighted by atomic mass is 19.1. The minimum atomic E-state index is -0.523. The van der Waals surface area contributed by atoms with E-state index < -0.39 is 17.1 Å². The number of fused-ring (bicyclic) bond motifs is 3. The van der Waals surface area contributed by atoms with Crippen LogP contribution in [0.1, 0.15) is 53.0 Å². The molecule has 10 heteroatoms. The first-order valence-corrected chi connectivity index (χ1v) is 15.9. The van der Waals surface area contributed by atoms with Gasteiger partial charge >= 0.3 is 5.69 Å². The number of H-pyrrole nitrogens is 1. The Hall–Kier alpha value is -3.66. The zero-order chi connectivity index (χ0) is 31.3. The molecule has 0 amide bonds. The molecule has 236 valence electrons. The van der Waals surface area contributed by atoms with Gasteiger partial charge in [-0.3, -0.25) is 9.36 Å². The molecule has 3 saturated carbocycles. The van der Waals surface area contributed by atoms with E-state index in [-0.39, 0.29) is 19.0 Å². The third-order valence-electron chi connectivity index (χ3n) is 10.6. The van der Waals surface area contributed by atoms with E-state index in [0.29, 0.717) is 57.5 Å². The lowest BCUT2D eigenvalue weighted by Gasteiger charge is -2.61. The van der Waals surface area contributed by atoms with Gasteiger partial charge in [-0.15, -0.1) is 0 Å². The molecule has 1 aliphatic heterocycles. The Kier molecular flexibility index (Phi) is 8.07. The predicted molar refractivity (Wildman–Crippen MR) is 173 cm³/mol. The highest BCUT2D eigenvalue weighted by Crippen LogP contribution is 2.61. The average molecular weight is 605 g/mol. The molecule has 9 nitrogen and oxygen atoms in total. The Morgan fingerprint density at radius 1 is 1.09 bits per heavy atom. The van der Waals surface area contributed by atoms with E-state index in [1.807, 2.05) is 6.07 Å². The number of aromatic amines is 1. The van der Waals surface area contributed by atoms with Crippen LogP contribution in [0.15, 0.2) is 51.0 Å². The third-order valence-corrected chi connectivity index (χ3v) is 10.6. The fraction of sp³-hybridized carbons (Fsp3) is 0.559. The van der Waals surface area contributed by atoms with E-state index in [0.717, 1.165) is 35.7 Å². The van der Waals surface area contributed by atoms with Crippen LogP contribution in [0, 0.1) is 29.0 Å². The number of benzene rings is 2. The van der Waals surface area contributed by atoms with Crippen molar-refractivity contribution >= 4 is 22.5 Å². The summed E-state index contributed by atoms with van der Waals surface area (Å²) in [7, 11) is 1.48. The maximum absolute atomic E-state index is 14.5. The lowest BCUT2D eigenvalue weighted by atomic mass is 9.45. The normalized spacial score (nSPS) is 28.1. The second-order valence-corrected chi connectivity index (χ2v) is 13.8. The van der Waals surface area contributed by atoms with E-state index in [9.17, 15) is 14.0 Å². The van der Waals surface area contributed by atoms with Crippen molar-refractivity contribution in [3.63, 3.8) is 0 Å². The van der Waals surface area contributed by atoms with E-state index >= 15 is 0 Å². The van der Waals surface area contributed by atoms with Crippen molar-refractivity contribution in [2.24, 2.45) is 28.2 Å². The first kappa shape index (κ1) is 30.4. The van der Waals surface area contributed by atoms with Crippen molar-refractivity contribution in [2.75, 3.05) is 25.5 Å². The van der Waals surface area contributed by atoms with Gasteiger partial charge in [-0.25, -0.2) is 14.2 Å². The maximum Gasteiger partial charge on any atom is 0.328 e. The average Bonchev–Trinajstić information content (AvgIpc) is 2.97. The molecule has 1 saturated heterocycles. The number of methoxy groups -OCH3 is 1. The van der Waals surface area contributed by atoms with Crippen molar-refractivity contribution in [3.8, 4) is 5.75 Å². The van der Waals surface area contributed by atoms with Crippen LogP contribution in [0.5, 0.6) is 5.75 Å². The molecule has 1 aromatic heterocycles. The minimum absolute atomic E-state index is 0.0574. The first-order chi connectivity index (χ1) is 20.9. The molecule has 3 aromatic rings. The van der Waals surface area contributed by atoms with Crippen LogP contribution in [0.25, 0.3) is 10.9 Å². The van der Waals surface area contributed by atoms with Crippen LogP contribution in [0.2, 0.25) is 0 Å². The zero-order valence-corrected chi connectivity index (χ0v) is 26.6. The number of halogens is 1. The number of ether oxygens (including phenoxy) is 1. The Morgan fingerprint density at radius 3 is 2.50 bits per heavy atom. The van der Waals surface area contributed by atoms with Gasteiger partial charge < -0.3 is 25.3 Å². The molecular formula is C34H45FN6O3. The van der Waals surface area contributed by atoms with Crippen LogP contribution in [-0.2, 0) is 13.0 Å². The molecule has 6 atom stereocenters. The first-order valence-electron chi connectivity index (χ1n) is 15.9. The maximum atomic E-state index is 14.5. The zero-order valence-electron chi connectivity index (χ0n) is 26.6. The molecule has 3 N–H and O–H groups in total. The number of nitrogens with zero attached hydrogens (tertiary/aromatic N) is 3. The van der Waals surface area contributed by atoms with Crippen molar-refractivity contribution in [3.05, 3.63) is 68.6 Å². The summed E-state index contributed by atoms with van der Waals surface area (Å²) in [5, 5.41) is 7.59. The quantitative estimate of drug-likeness (QED) is 0.281. The highest BCUT2D eigenvalue weighted by Gasteiger charge is 2.56. The van der Waals surface area contributed by atoms with Gasteiger partial charge in [0.15, 0.2) is 5.96 Å². The van der Waals surface area contributed by atoms with Gasteiger partial charge in [0.1, 0.15) is 11.6 Å². The molecule has 0 spiro atoms. The smallest absolute Gasteiger partial charge is 0.328 e. The number of rotatable bonds is 6. The Labute approximate surface area is 257 Å². The number of anilines is 1. The largest absolute Gasteiger partial charge is 0.497 e. The van der Waals surface area contributed by atoms with E-state index in [4.69, 9.17) is 9.73 Å². The number of aliphatic imine (C=N–C) groups is 1. The Morgan fingerprint density at radius 2 is 1.84 bits per heavy atom. The summed E-state index contributed by atoms with van der Waals surface area (Å²) in [6.45, 7) is 13.3. The summed E-state index contributed by atoms with van der Waals surface area (Å²) in [5.41, 5.74) is 1.08. The molecule has 44 heavy (non-hydrogen) atoms. The van der Waals surface area contributed by atoms with Gasteiger partial charge in [0.25, 0.3) is 5.56 Å². The van der Waals surface area contributed by atoms with Crippen LogP contribution in [0.4, 0.5) is 10.1 Å². The second-order valence-electron chi connectivity index (χ2n) is 13.8. The molecule has 7 rings (SSSR count). The molecule has 2 bridgehead atoms. The number of aryl methyl sites for hydroxylation is 1. The van der Waals surface area contributed by atoms with Crippen molar-refractivity contribution in [1.82, 2.24) is 19.8 Å². The number of aromatic nitrogens is 2. The molecule has 0 unspecified atom stereocenters. The highest BCUT2D eigenvalue weighted by molar-refractivity contribution is 5.96.